The van der Waals surface area contributed by atoms with Gasteiger partial charge < -0.3 is 10.7 Å². The highest BCUT2D eigenvalue weighted by atomic mass is 14.9. The van der Waals surface area contributed by atoms with Crippen molar-refractivity contribution < 1.29 is 0 Å². The molecule has 0 aliphatic rings. The highest BCUT2D eigenvalue weighted by molar-refractivity contribution is 5.93. The molecule has 4 heteroatoms. The van der Waals surface area contributed by atoms with Crippen molar-refractivity contribution in [3.8, 4) is 0 Å². The molecule has 0 aliphatic carbocycles. The molecule has 0 aromatic carbocycles. The van der Waals surface area contributed by atoms with Crippen LogP contribution in [-0.4, -0.2) is 15.0 Å². The molecule has 0 spiro atoms. The van der Waals surface area contributed by atoms with Crippen LogP contribution in [0.15, 0.2) is 19.5 Å². The molecule has 0 bridgehead atoms. The van der Waals surface area contributed by atoms with Gasteiger partial charge in [0.05, 0.1) is 12.0 Å². The van der Waals surface area contributed by atoms with Crippen molar-refractivity contribution in [3.63, 3.8) is 0 Å². The summed E-state index contributed by atoms with van der Waals surface area (Å²) in [4.78, 5) is 11.3. The van der Waals surface area contributed by atoms with Crippen LogP contribution < -0.4 is 5.73 Å². The van der Waals surface area contributed by atoms with Gasteiger partial charge in [-0.2, -0.15) is 0 Å². The second-order valence-electron chi connectivity index (χ2n) is 2.83. The molecule has 2 aromatic heterocycles. The van der Waals surface area contributed by atoms with E-state index in [-0.39, 0.29) is 0 Å². The molecule has 14 heavy (non-hydrogen) atoms. The zero-order valence-electron chi connectivity index (χ0n) is 7.62. The predicted octanol–water partition coefficient (Wildman–Crippen LogP) is 1.83. The average Bonchev–Trinajstić information content (AvgIpc) is 2.66. The van der Waals surface area contributed by atoms with Gasteiger partial charge in [0, 0.05) is 5.56 Å². The third kappa shape index (κ3) is 1.01. The number of aromatic amines is 1. The van der Waals surface area contributed by atoms with Crippen LogP contribution in [0.5, 0.6) is 0 Å². The van der Waals surface area contributed by atoms with Gasteiger partial charge in [-0.3, -0.25) is 0 Å². The molecular formula is C10H10N4. The molecular weight excluding hydrogens is 176 g/mol. The van der Waals surface area contributed by atoms with Crippen LogP contribution in [-0.2, 0) is 0 Å². The van der Waals surface area contributed by atoms with Crippen LogP contribution in [0.1, 0.15) is 11.3 Å². The van der Waals surface area contributed by atoms with Gasteiger partial charge >= 0.3 is 0 Å². The highest BCUT2D eigenvalue weighted by Gasteiger charge is 2.09. The maximum absolute atomic E-state index is 5.74. The van der Waals surface area contributed by atoms with Gasteiger partial charge in [0.15, 0.2) is 0 Å². The normalized spacial score (nSPS) is 10.3. The number of nitrogens with one attached hydrogen (secondary N) is 1. The molecule has 0 atom stereocenters. The Balaban J connectivity index is 2.95. The summed E-state index contributed by atoms with van der Waals surface area (Å²) in [6, 6.07) is 0. The molecule has 0 amide bonds. The summed E-state index contributed by atoms with van der Waals surface area (Å²) in [7, 11) is 0. The van der Waals surface area contributed by atoms with Gasteiger partial charge in [-0.25, -0.2) is 9.97 Å². The van der Waals surface area contributed by atoms with E-state index in [9.17, 15) is 0 Å². The maximum Gasteiger partial charge on any atom is 0.150 e. The van der Waals surface area contributed by atoms with Crippen LogP contribution in [0.2, 0.25) is 0 Å². The number of nitrogen functional groups attached to an aromatic ring is 1. The van der Waals surface area contributed by atoms with Crippen LogP contribution in [0.4, 0.5) is 5.82 Å². The Morgan fingerprint density at radius 3 is 2.79 bits per heavy atom. The minimum atomic E-state index is 0.429. The van der Waals surface area contributed by atoms with Crippen LogP contribution in [0, 0.1) is 0 Å². The summed E-state index contributed by atoms with van der Waals surface area (Å²) < 4.78 is 0. The van der Waals surface area contributed by atoms with Crippen molar-refractivity contribution in [1.82, 2.24) is 15.0 Å². The molecule has 70 valence electrons. The summed E-state index contributed by atoms with van der Waals surface area (Å²) in [5, 5.41) is 0. The molecule has 4 nitrogen and oxygen atoms in total. The summed E-state index contributed by atoms with van der Waals surface area (Å²) in [5.74, 6) is 0.429. The van der Waals surface area contributed by atoms with Crippen molar-refractivity contribution in [1.29, 1.82) is 0 Å². The van der Waals surface area contributed by atoms with Gasteiger partial charge in [0.25, 0.3) is 0 Å². The summed E-state index contributed by atoms with van der Waals surface area (Å²) in [6.45, 7) is 7.38. The molecule has 0 saturated heterocycles. The van der Waals surface area contributed by atoms with Crippen molar-refractivity contribution in [3.05, 3.63) is 30.7 Å². The Kier molecular flexibility index (Phi) is 1.81. The zero-order valence-corrected chi connectivity index (χ0v) is 7.62. The Morgan fingerprint density at radius 2 is 2.14 bits per heavy atom. The maximum atomic E-state index is 5.74. The second-order valence-corrected chi connectivity index (χ2v) is 2.83. The molecule has 0 unspecified atom stereocenters. The number of rotatable bonds is 2. The van der Waals surface area contributed by atoms with E-state index in [4.69, 9.17) is 5.73 Å². The Labute approximate surface area is 81.2 Å². The quantitative estimate of drug-likeness (QED) is 0.751. The first-order chi connectivity index (χ1) is 6.77. The fraction of sp³-hybridized carbons (Fsp3) is 0. The first-order valence-corrected chi connectivity index (χ1v) is 4.15. The zero-order chi connectivity index (χ0) is 10.1. The minimum Gasteiger partial charge on any atom is -0.382 e. The fourth-order valence-electron chi connectivity index (χ4n) is 1.42. The SMILES string of the molecule is C=Cc1nc(N)c2[nH]cnc2c1C=C. The van der Waals surface area contributed by atoms with E-state index in [0.717, 1.165) is 16.6 Å². The number of pyridine rings is 1. The predicted molar refractivity (Wildman–Crippen MR) is 58.5 cm³/mol. The number of hydrogen-bond donors (Lipinski definition) is 2. The first kappa shape index (κ1) is 8.50. The Morgan fingerprint density at radius 1 is 1.36 bits per heavy atom. The van der Waals surface area contributed by atoms with Gasteiger partial charge in [-0.15, -0.1) is 0 Å². The number of imidazole rings is 1. The fourth-order valence-corrected chi connectivity index (χ4v) is 1.42. The van der Waals surface area contributed by atoms with Gasteiger partial charge in [0.1, 0.15) is 16.9 Å². The molecule has 2 heterocycles. The molecule has 0 radical (unpaired) electrons. The second kappa shape index (κ2) is 2.99. The number of H-pyrrole nitrogens is 1. The molecule has 2 aromatic rings. The van der Waals surface area contributed by atoms with E-state index in [0.29, 0.717) is 11.5 Å². The molecule has 0 fully saturated rings. The third-order valence-electron chi connectivity index (χ3n) is 2.06. The van der Waals surface area contributed by atoms with E-state index in [1.54, 1.807) is 18.5 Å². The largest absolute Gasteiger partial charge is 0.382 e. The van der Waals surface area contributed by atoms with Gasteiger partial charge in [0.2, 0.25) is 0 Å². The highest BCUT2D eigenvalue weighted by Crippen LogP contribution is 2.23. The topological polar surface area (TPSA) is 67.6 Å². The lowest BCUT2D eigenvalue weighted by Gasteiger charge is -2.03. The van der Waals surface area contributed by atoms with Crippen LogP contribution >= 0.6 is 0 Å². The van der Waals surface area contributed by atoms with E-state index < -0.39 is 0 Å². The van der Waals surface area contributed by atoms with Crippen molar-refractivity contribution in [2.24, 2.45) is 0 Å². The van der Waals surface area contributed by atoms with Gasteiger partial charge in [-0.1, -0.05) is 19.2 Å². The molecule has 0 aliphatic heterocycles. The lowest BCUT2D eigenvalue weighted by molar-refractivity contribution is 1.31. The van der Waals surface area contributed by atoms with Crippen LogP contribution in [0.3, 0.4) is 0 Å². The van der Waals surface area contributed by atoms with Crippen molar-refractivity contribution >= 4 is 29.0 Å². The first-order valence-electron chi connectivity index (χ1n) is 4.15. The number of nitrogens with zero attached hydrogens (tertiary/aromatic N) is 2. The summed E-state index contributed by atoms with van der Waals surface area (Å²) >= 11 is 0. The van der Waals surface area contributed by atoms with E-state index in [2.05, 4.69) is 28.1 Å². The van der Waals surface area contributed by atoms with E-state index in [1.807, 2.05) is 0 Å². The number of anilines is 1. The van der Waals surface area contributed by atoms with E-state index in [1.165, 1.54) is 0 Å². The third-order valence-corrected chi connectivity index (χ3v) is 2.06. The monoisotopic (exact) mass is 186 g/mol. The van der Waals surface area contributed by atoms with Gasteiger partial charge in [-0.05, 0) is 6.08 Å². The Hall–Kier alpha value is -2.10. The molecule has 2 rings (SSSR count). The van der Waals surface area contributed by atoms with Crippen LogP contribution in [0.25, 0.3) is 23.2 Å². The lowest BCUT2D eigenvalue weighted by Crippen LogP contribution is -1.97. The summed E-state index contributed by atoms with van der Waals surface area (Å²) in [5.41, 5.74) is 8.82. The lowest BCUT2D eigenvalue weighted by atomic mass is 10.1. The standard InChI is InChI=1S/C10H10N4/c1-3-6-7(4-2)14-10(11)9-8(6)12-5-13-9/h3-5H,1-2H2,(H2,11,14)(H,12,13). The number of hydrogen-bond acceptors (Lipinski definition) is 3. The van der Waals surface area contributed by atoms with E-state index >= 15 is 0 Å². The molecule has 0 saturated carbocycles. The number of fused-ring (bicyclic) bond motifs is 1. The van der Waals surface area contributed by atoms with Crippen molar-refractivity contribution in [2.45, 2.75) is 0 Å². The summed E-state index contributed by atoms with van der Waals surface area (Å²) in [6.07, 6.45) is 4.93. The smallest absolute Gasteiger partial charge is 0.150 e. The average molecular weight is 186 g/mol. The Bertz CT molecular complexity index is 510. The molecule has 3 N–H and O–H groups in total. The minimum absolute atomic E-state index is 0.429. The number of aromatic nitrogens is 3. The number of nitrogens with two attached hydrogens (primary N) is 1. The van der Waals surface area contributed by atoms with Crippen molar-refractivity contribution in [2.75, 3.05) is 5.73 Å².